The first kappa shape index (κ1) is 14.8. The van der Waals surface area contributed by atoms with E-state index in [1.54, 1.807) is 0 Å². The number of halogens is 6. The van der Waals surface area contributed by atoms with Crippen molar-refractivity contribution >= 4 is 6.09 Å². The summed E-state index contributed by atoms with van der Waals surface area (Å²) in [6.45, 7) is -2.74. The third-order valence-corrected chi connectivity index (χ3v) is 1.37. The van der Waals surface area contributed by atoms with E-state index in [9.17, 15) is 31.1 Å². The molecule has 0 N–H and O–H groups in total. The Bertz CT molecular complexity index is 236. The maximum Gasteiger partial charge on any atom is 0.422 e. The van der Waals surface area contributed by atoms with E-state index in [0.717, 1.165) is 0 Å². The van der Waals surface area contributed by atoms with Gasteiger partial charge in [0.1, 0.15) is 6.54 Å². The van der Waals surface area contributed by atoms with Gasteiger partial charge in [-0.15, -0.1) is 0 Å². The Morgan fingerprint density at radius 2 is 1.62 bits per heavy atom. The third kappa shape index (κ3) is 7.18. The molecule has 0 aliphatic heterocycles. The van der Waals surface area contributed by atoms with E-state index < -0.39 is 38.1 Å². The predicted molar refractivity (Wildman–Crippen MR) is 40.7 cm³/mol. The first-order valence-electron chi connectivity index (χ1n) is 4.10. The monoisotopic (exact) mass is 253 g/mol. The Morgan fingerprint density at radius 1 is 1.12 bits per heavy atom. The normalized spacial score (nSPS) is 12.4. The van der Waals surface area contributed by atoms with Gasteiger partial charge >= 0.3 is 18.4 Å². The van der Waals surface area contributed by atoms with Crippen molar-refractivity contribution in [1.82, 2.24) is 4.90 Å². The number of carbonyl (C=O) groups excluding carboxylic acids is 1. The molecule has 0 aromatic carbocycles. The minimum Gasteiger partial charge on any atom is -0.440 e. The van der Waals surface area contributed by atoms with Crippen molar-refractivity contribution in [1.29, 1.82) is 0 Å². The highest BCUT2D eigenvalue weighted by Gasteiger charge is 2.35. The number of hydrogen-bond donors (Lipinski definition) is 0. The van der Waals surface area contributed by atoms with Crippen LogP contribution in [0.1, 0.15) is 6.92 Å². The SMILES string of the molecule is CCN(CC(F)(F)F)C(=O)OCC(F)(F)F. The molecular weight excluding hydrogens is 244 g/mol. The molecule has 9 heteroatoms. The Balaban J connectivity index is 4.22. The van der Waals surface area contributed by atoms with E-state index in [1.165, 1.54) is 6.92 Å². The second-order valence-electron chi connectivity index (χ2n) is 2.80. The zero-order chi connectivity index (χ0) is 13.0. The first-order valence-corrected chi connectivity index (χ1v) is 4.10. The summed E-state index contributed by atoms with van der Waals surface area (Å²) in [6, 6.07) is 0. The lowest BCUT2D eigenvalue weighted by Crippen LogP contribution is -2.40. The number of carbonyl (C=O) groups is 1. The van der Waals surface area contributed by atoms with E-state index in [2.05, 4.69) is 4.74 Å². The molecule has 0 saturated carbocycles. The molecule has 0 saturated heterocycles. The van der Waals surface area contributed by atoms with Gasteiger partial charge < -0.3 is 4.74 Å². The molecule has 0 aliphatic rings. The third-order valence-electron chi connectivity index (χ3n) is 1.37. The van der Waals surface area contributed by atoms with Crippen LogP contribution in [0.5, 0.6) is 0 Å². The Kier molecular flexibility index (Phi) is 4.88. The summed E-state index contributed by atoms with van der Waals surface area (Å²) in [7, 11) is 0. The topological polar surface area (TPSA) is 29.5 Å². The fraction of sp³-hybridized carbons (Fsp3) is 0.857. The molecule has 96 valence electrons. The van der Waals surface area contributed by atoms with E-state index in [4.69, 9.17) is 0 Å². The summed E-state index contributed by atoms with van der Waals surface area (Å²) in [4.78, 5) is 10.9. The Hall–Kier alpha value is -1.15. The maximum atomic E-state index is 11.9. The van der Waals surface area contributed by atoms with Crippen molar-refractivity contribution in [2.75, 3.05) is 19.7 Å². The van der Waals surface area contributed by atoms with E-state index >= 15 is 0 Å². The minimum atomic E-state index is -4.76. The fourth-order valence-corrected chi connectivity index (χ4v) is 0.757. The second-order valence-corrected chi connectivity index (χ2v) is 2.80. The Labute approximate surface area is 87.0 Å². The summed E-state index contributed by atoms with van der Waals surface area (Å²) in [5.41, 5.74) is 0. The van der Waals surface area contributed by atoms with Crippen LogP contribution in [0.2, 0.25) is 0 Å². The van der Waals surface area contributed by atoms with Gasteiger partial charge in [0.15, 0.2) is 6.61 Å². The van der Waals surface area contributed by atoms with Crippen LogP contribution in [-0.2, 0) is 4.74 Å². The van der Waals surface area contributed by atoms with Gasteiger partial charge in [-0.1, -0.05) is 0 Å². The van der Waals surface area contributed by atoms with Gasteiger partial charge in [-0.2, -0.15) is 26.3 Å². The molecule has 0 aromatic heterocycles. The van der Waals surface area contributed by atoms with Gasteiger partial charge in [0.2, 0.25) is 0 Å². The largest absolute Gasteiger partial charge is 0.440 e. The van der Waals surface area contributed by atoms with E-state index in [-0.39, 0.29) is 4.90 Å². The highest BCUT2D eigenvalue weighted by molar-refractivity contribution is 5.67. The molecule has 0 rings (SSSR count). The second kappa shape index (κ2) is 5.26. The minimum absolute atomic E-state index is 0.131. The van der Waals surface area contributed by atoms with Crippen molar-refractivity contribution in [3.63, 3.8) is 0 Å². The number of alkyl halides is 6. The molecule has 1 amide bonds. The van der Waals surface area contributed by atoms with Crippen LogP contribution in [-0.4, -0.2) is 43.0 Å². The van der Waals surface area contributed by atoms with Crippen LogP contribution in [0.3, 0.4) is 0 Å². The highest BCUT2D eigenvalue weighted by atomic mass is 19.4. The number of hydrogen-bond acceptors (Lipinski definition) is 2. The summed E-state index contributed by atoms with van der Waals surface area (Å²) in [5, 5.41) is 0. The van der Waals surface area contributed by atoms with Crippen molar-refractivity contribution in [2.45, 2.75) is 19.3 Å². The van der Waals surface area contributed by atoms with Crippen LogP contribution < -0.4 is 0 Å². The lowest BCUT2D eigenvalue weighted by Gasteiger charge is -2.21. The summed E-state index contributed by atoms with van der Waals surface area (Å²) in [6.07, 6.45) is -11.1. The average Bonchev–Trinajstić information content (AvgIpc) is 2.07. The molecule has 0 atom stereocenters. The number of amides is 1. The van der Waals surface area contributed by atoms with E-state index in [1.807, 2.05) is 0 Å². The highest BCUT2D eigenvalue weighted by Crippen LogP contribution is 2.18. The zero-order valence-electron chi connectivity index (χ0n) is 8.15. The maximum absolute atomic E-state index is 11.9. The summed E-state index contributed by atoms with van der Waals surface area (Å²) < 4.78 is 74.0. The lowest BCUT2D eigenvalue weighted by molar-refractivity contribution is -0.167. The van der Waals surface area contributed by atoms with Crippen molar-refractivity contribution in [2.24, 2.45) is 0 Å². The molecule has 0 bridgehead atoms. The van der Waals surface area contributed by atoms with Gasteiger partial charge in [0.25, 0.3) is 0 Å². The predicted octanol–water partition coefficient (Wildman–Crippen LogP) is 2.57. The van der Waals surface area contributed by atoms with Crippen LogP contribution in [0, 0.1) is 0 Å². The molecule has 0 unspecified atom stereocenters. The van der Waals surface area contributed by atoms with Crippen LogP contribution in [0.15, 0.2) is 0 Å². The Morgan fingerprint density at radius 3 is 1.94 bits per heavy atom. The first-order chi connectivity index (χ1) is 7.05. The van der Waals surface area contributed by atoms with Gasteiger partial charge in [0.05, 0.1) is 0 Å². The van der Waals surface area contributed by atoms with Gasteiger partial charge in [0, 0.05) is 6.54 Å². The standard InChI is InChI=1S/C7H9F6NO2/c1-2-14(3-6(8,9)10)5(15)16-4-7(11,12)13/h2-4H2,1H3. The summed E-state index contributed by atoms with van der Waals surface area (Å²) in [5.74, 6) is 0. The van der Waals surface area contributed by atoms with Crippen molar-refractivity contribution < 1.29 is 35.9 Å². The molecule has 16 heavy (non-hydrogen) atoms. The molecule has 0 radical (unpaired) electrons. The fourth-order valence-electron chi connectivity index (χ4n) is 0.757. The number of rotatable bonds is 3. The van der Waals surface area contributed by atoms with Gasteiger partial charge in [-0.25, -0.2) is 4.79 Å². The zero-order valence-corrected chi connectivity index (χ0v) is 8.15. The van der Waals surface area contributed by atoms with Gasteiger partial charge in [-0.05, 0) is 6.92 Å². The van der Waals surface area contributed by atoms with Crippen molar-refractivity contribution in [3.05, 3.63) is 0 Å². The van der Waals surface area contributed by atoms with Gasteiger partial charge in [-0.3, -0.25) is 4.90 Å². The molecule has 0 aromatic rings. The van der Waals surface area contributed by atoms with Crippen LogP contribution in [0.25, 0.3) is 0 Å². The number of ether oxygens (including phenoxy) is 1. The van der Waals surface area contributed by atoms with E-state index in [0.29, 0.717) is 0 Å². The lowest BCUT2D eigenvalue weighted by atomic mass is 10.5. The van der Waals surface area contributed by atoms with Crippen molar-refractivity contribution in [3.8, 4) is 0 Å². The molecule has 3 nitrogen and oxygen atoms in total. The molecule has 0 aliphatic carbocycles. The molecular formula is C7H9F6NO2. The average molecular weight is 253 g/mol. The van der Waals surface area contributed by atoms with Crippen LogP contribution >= 0.6 is 0 Å². The number of nitrogens with zero attached hydrogens (tertiary/aromatic N) is 1. The molecule has 0 fully saturated rings. The van der Waals surface area contributed by atoms with Crippen LogP contribution in [0.4, 0.5) is 31.1 Å². The smallest absolute Gasteiger partial charge is 0.422 e. The molecule has 0 heterocycles. The molecule has 0 spiro atoms. The summed E-state index contributed by atoms with van der Waals surface area (Å²) >= 11 is 0. The quantitative estimate of drug-likeness (QED) is 0.723.